The number of aliphatic hydroxyl groups is 1. The van der Waals surface area contributed by atoms with Gasteiger partial charge in [-0.3, -0.25) is 0 Å². The zero-order chi connectivity index (χ0) is 13.0. The molecular weight excluding hydrogens is 294 g/mol. The summed E-state index contributed by atoms with van der Waals surface area (Å²) in [5, 5.41) is 17.9. The van der Waals surface area contributed by atoms with Crippen molar-refractivity contribution in [2.45, 2.75) is 31.8 Å². The summed E-state index contributed by atoms with van der Waals surface area (Å²) in [7, 11) is 0. The molecular formula is C14H16BrNO2. The summed E-state index contributed by atoms with van der Waals surface area (Å²) < 4.78 is 6.77. The van der Waals surface area contributed by atoms with Crippen LogP contribution in [0.25, 0.3) is 0 Å². The molecule has 96 valence electrons. The molecule has 4 heteroatoms. The number of nitriles is 1. The number of hydrogen-bond acceptors (Lipinski definition) is 3. The van der Waals surface area contributed by atoms with Gasteiger partial charge in [0.25, 0.3) is 0 Å². The second-order valence-electron chi connectivity index (χ2n) is 4.70. The summed E-state index contributed by atoms with van der Waals surface area (Å²) in [6, 6.07) is 7.47. The first-order valence-corrected chi connectivity index (χ1v) is 6.99. The molecule has 2 rings (SSSR count). The van der Waals surface area contributed by atoms with Gasteiger partial charge in [0.2, 0.25) is 0 Å². The Morgan fingerprint density at radius 2 is 2.06 bits per heavy atom. The fraction of sp³-hybridized carbons (Fsp3) is 0.500. The summed E-state index contributed by atoms with van der Waals surface area (Å²) in [6.45, 7) is 0.285. The number of benzene rings is 1. The van der Waals surface area contributed by atoms with E-state index in [0.29, 0.717) is 11.5 Å². The van der Waals surface area contributed by atoms with Gasteiger partial charge in [0.15, 0.2) is 0 Å². The molecule has 18 heavy (non-hydrogen) atoms. The van der Waals surface area contributed by atoms with E-state index in [1.54, 1.807) is 12.1 Å². The molecule has 1 aromatic rings. The lowest BCUT2D eigenvalue weighted by Gasteiger charge is -2.28. The van der Waals surface area contributed by atoms with E-state index < -0.39 is 0 Å². The van der Waals surface area contributed by atoms with Gasteiger partial charge < -0.3 is 9.84 Å². The van der Waals surface area contributed by atoms with E-state index in [1.165, 1.54) is 0 Å². The number of ether oxygens (including phenoxy) is 1. The van der Waals surface area contributed by atoms with Crippen LogP contribution in [0.3, 0.4) is 0 Å². The topological polar surface area (TPSA) is 53.2 Å². The number of rotatable bonds is 3. The SMILES string of the molecule is N#Cc1ccc(OC2CCC(CO)CC2)c(Br)c1. The lowest BCUT2D eigenvalue weighted by atomic mass is 9.88. The van der Waals surface area contributed by atoms with Crippen LogP contribution in [0.2, 0.25) is 0 Å². The van der Waals surface area contributed by atoms with Crippen molar-refractivity contribution in [3.05, 3.63) is 28.2 Å². The summed E-state index contributed by atoms with van der Waals surface area (Å²) in [4.78, 5) is 0. The lowest BCUT2D eigenvalue weighted by Crippen LogP contribution is -2.25. The Bertz CT molecular complexity index is 448. The standard InChI is InChI=1S/C14H16BrNO2/c15-13-7-11(8-16)3-6-14(13)18-12-4-1-10(9-17)2-5-12/h3,6-7,10,12,17H,1-2,4-5,9H2. The Morgan fingerprint density at radius 1 is 1.33 bits per heavy atom. The molecule has 0 unspecified atom stereocenters. The number of aliphatic hydroxyl groups excluding tert-OH is 1. The molecule has 1 aliphatic rings. The van der Waals surface area contributed by atoms with E-state index in [2.05, 4.69) is 22.0 Å². The van der Waals surface area contributed by atoms with Gasteiger partial charge in [-0.1, -0.05) is 0 Å². The molecule has 1 N–H and O–H groups in total. The minimum absolute atomic E-state index is 0.219. The molecule has 0 amide bonds. The van der Waals surface area contributed by atoms with E-state index in [9.17, 15) is 0 Å². The summed E-state index contributed by atoms with van der Waals surface area (Å²) >= 11 is 3.42. The molecule has 0 heterocycles. The Labute approximate surface area is 116 Å². The van der Waals surface area contributed by atoms with Crippen molar-refractivity contribution in [3.8, 4) is 11.8 Å². The average Bonchev–Trinajstić information content (AvgIpc) is 2.42. The molecule has 0 bridgehead atoms. The zero-order valence-corrected chi connectivity index (χ0v) is 11.7. The fourth-order valence-electron chi connectivity index (χ4n) is 2.28. The van der Waals surface area contributed by atoms with Crippen LogP contribution in [0, 0.1) is 17.2 Å². The van der Waals surface area contributed by atoms with E-state index in [0.717, 1.165) is 35.9 Å². The predicted molar refractivity (Wildman–Crippen MR) is 72.3 cm³/mol. The normalized spacial score (nSPS) is 23.4. The minimum Gasteiger partial charge on any atom is -0.489 e. The summed E-state index contributed by atoms with van der Waals surface area (Å²) in [5.74, 6) is 1.23. The van der Waals surface area contributed by atoms with E-state index >= 15 is 0 Å². The van der Waals surface area contributed by atoms with Crippen LogP contribution in [-0.2, 0) is 0 Å². The molecule has 1 fully saturated rings. The predicted octanol–water partition coefficient (Wildman–Crippen LogP) is 3.25. The van der Waals surface area contributed by atoms with Gasteiger partial charge in [-0.15, -0.1) is 0 Å². The van der Waals surface area contributed by atoms with Crippen LogP contribution in [0.4, 0.5) is 0 Å². The Morgan fingerprint density at radius 3 is 2.61 bits per heavy atom. The maximum Gasteiger partial charge on any atom is 0.133 e. The van der Waals surface area contributed by atoms with Crippen molar-refractivity contribution in [1.29, 1.82) is 5.26 Å². The smallest absolute Gasteiger partial charge is 0.133 e. The van der Waals surface area contributed by atoms with Gasteiger partial charge in [0, 0.05) is 6.61 Å². The first-order valence-electron chi connectivity index (χ1n) is 6.20. The van der Waals surface area contributed by atoms with Crippen LogP contribution in [0.5, 0.6) is 5.75 Å². The molecule has 1 saturated carbocycles. The van der Waals surface area contributed by atoms with Gasteiger partial charge in [0.05, 0.1) is 22.2 Å². The minimum atomic E-state index is 0.219. The average molecular weight is 310 g/mol. The molecule has 1 aliphatic carbocycles. The Balaban J connectivity index is 1.96. The van der Waals surface area contributed by atoms with Crippen LogP contribution < -0.4 is 4.74 Å². The van der Waals surface area contributed by atoms with Gasteiger partial charge in [-0.25, -0.2) is 0 Å². The third-order valence-corrected chi connectivity index (χ3v) is 4.03. The number of nitrogens with zero attached hydrogens (tertiary/aromatic N) is 1. The van der Waals surface area contributed by atoms with Crippen molar-refractivity contribution < 1.29 is 9.84 Å². The molecule has 0 aromatic heterocycles. The van der Waals surface area contributed by atoms with Gasteiger partial charge >= 0.3 is 0 Å². The maximum atomic E-state index is 9.09. The van der Waals surface area contributed by atoms with Crippen LogP contribution in [0.15, 0.2) is 22.7 Å². The molecule has 3 nitrogen and oxygen atoms in total. The van der Waals surface area contributed by atoms with E-state index in [-0.39, 0.29) is 12.7 Å². The second kappa shape index (κ2) is 6.21. The third kappa shape index (κ3) is 3.24. The van der Waals surface area contributed by atoms with Crippen LogP contribution >= 0.6 is 15.9 Å². The fourth-order valence-corrected chi connectivity index (χ4v) is 2.75. The van der Waals surface area contributed by atoms with Crippen molar-refractivity contribution in [2.24, 2.45) is 5.92 Å². The first-order chi connectivity index (χ1) is 8.72. The second-order valence-corrected chi connectivity index (χ2v) is 5.55. The van der Waals surface area contributed by atoms with E-state index in [4.69, 9.17) is 15.1 Å². The maximum absolute atomic E-state index is 9.09. The van der Waals surface area contributed by atoms with Crippen molar-refractivity contribution in [3.63, 3.8) is 0 Å². The van der Waals surface area contributed by atoms with Crippen molar-refractivity contribution >= 4 is 15.9 Å². The Kier molecular flexibility index (Phi) is 4.62. The first kappa shape index (κ1) is 13.4. The number of halogens is 1. The molecule has 1 aromatic carbocycles. The quantitative estimate of drug-likeness (QED) is 0.932. The molecule has 0 radical (unpaired) electrons. The van der Waals surface area contributed by atoms with Crippen molar-refractivity contribution in [2.75, 3.05) is 6.61 Å². The lowest BCUT2D eigenvalue weighted by molar-refractivity contribution is 0.103. The van der Waals surface area contributed by atoms with Crippen LogP contribution in [-0.4, -0.2) is 17.8 Å². The number of hydrogen-bond donors (Lipinski definition) is 1. The summed E-state index contributed by atoms with van der Waals surface area (Å²) in [5.41, 5.74) is 0.623. The highest BCUT2D eigenvalue weighted by atomic mass is 79.9. The van der Waals surface area contributed by atoms with Gasteiger partial charge in [-0.2, -0.15) is 5.26 Å². The highest BCUT2D eigenvalue weighted by Crippen LogP contribution is 2.31. The monoisotopic (exact) mass is 309 g/mol. The molecule has 0 aliphatic heterocycles. The van der Waals surface area contributed by atoms with Crippen LogP contribution in [0.1, 0.15) is 31.2 Å². The largest absolute Gasteiger partial charge is 0.489 e. The van der Waals surface area contributed by atoms with Gasteiger partial charge in [0.1, 0.15) is 5.75 Å². The Hall–Kier alpha value is -1.05. The van der Waals surface area contributed by atoms with Gasteiger partial charge in [-0.05, 0) is 65.7 Å². The highest BCUT2D eigenvalue weighted by molar-refractivity contribution is 9.10. The molecule has 0 atom stereocenters. The molecule has 0 saturated heterocycles. The zero-order valence-electron chi connectivity index (χ0n) is 10.1. The highest BCUT2D eigenvalue weighted by Gasteiger charge is 2.22. The van der Waals surface area contributed by atoms with E-state index in [1.807, 2.05) is 6.07 Å². The van der Waals surface area contributed by atoms with Crippen molar-refractivity contribution in [1.82, 2.24) is 0 Å². The molecule has 0 spiro atoms. The summed E-state index contributed by atoms with van der Waals surface area (Å²) in [6.07, 6.45) is 4.23. The third-order valence-electron chi connectivity index (χ3n) is 3.41.